The number of carbonyl (C=O) groups is 1. The molecule has 0 heterocycles. The SMILES string of the molecule is CCC[C@@H](C=O)CCOc1ccc(Br)cc1. The first kappa shape index (κ1) is 13.2. The Morgan fingerprint density at radius 3 is 2.56 bits per heavy atom. The van der Waals surface area contributed by atoms with Crippen molar-refractivity contribution >= 4 is 22.2 Å². The molecule has 1 aromatic carbocycles. The Kier molecular flexibility index (Phi) is 6.16. The topological polar surface area (TPSA) is 26.3 Å². The van der Waals surface area contributed by atoms with Crippen LogP contribution in [0.5, 0.6) is 5.75 Å². The quantitative estimate of drug-likeness (QED) is 0.712. The van der Waals surface area contributed by atoms with Crippen LogP contribution in [0.1, 0.15) is 26.2 Å². The molecule has 0 unspecified atom stereocenters. The molecule has 0 saturated heterocycles. The molecule has 0 aromatic heterocycles. The van der Waals surface area contributed by atoms with Crippen LogP contribution in [0, 0.1) is 5.92 Å². The van der Waals surface area contributed by atoms with E-state index in [9.17, 15) is 4.79 Å². The minimum atomic E-state index is 0.139. The molecule has 16 heavy (non-hydrogen) atoms. The Bertz CT molecular complexity index is 308. The molecule has 0 aliphatic rings. The summed E-state index contributed by atoms with van der Waals surface area (Å²) in [6.45, 7) is 2.69. The molecule has 0 saturated carbocycles. The van der Waals surface area contributed by atoms with Gasteiger partial charge in [0.15, 0.2) is 0 Å². The normalized spacial score (nSPS) is 12.1. The molecule has 0 N–H and O–H groups in total. The summed E-state index contributed by atoms with van der Waals surface area (Å²) in [7, 11) is 0. The Morgan fingerprint density at radius 2 is 2.00 bits per heavy atom. The monoisotopic (exact) mass is 284 g/mol. The summed E-state index contributed by atoms with van der Waals surface area (Å²) in [5, 5.41) is 0. The molecule has 0 bridgehead atoms. The fraction of sp³-hybridized carbons (Fsp3) is 0.462. The Balaban J connectivity index is 2.29. The fourth-order valence-electron chi connectivity index (χ4n) is 1.51. The van der Waals surface area contributed by atoms with Crippen molar-refractivity contribution in [2.45, 2.75) is 26.2 Å². The molecule has 0 radical (unpaired) electrons. The van der Waals surface area contributed by atoms with Crippen molar-refractivity contribution in [3.05, 3.63) is 28.7 Å². The lowest BCUT2D eigenvalue weighted by molar-refractivity contribution is -0.111. The number of halogens is 1. The predicted octanol–water partition coefficient (Wildman–Crippen LogP) is 3.83. The second kappa shape index (κ2) is 7.44. The van der Waals surface area contributed by atoms with Crippen molar-refractivity contribution in [1.29, 1.82) is 0 Å². The minimum absolute atomic E-state index is 0.139. The average molecular weight is 285 g/mol. The van der Waals surface area contributed by atoms with Crippen LogP contribution in [0.25, 0.3) is 0 Å². The summed E-state index contributed by atoms with van der Waals surface area (Å²) in [6, 6.07) is 7.72. The van der Waals surface area contributed by atoms with E-state index in [0.29, 0.717) is 6.61 Å². The van der Waals surface area contributed by atoms with E-state index in [1.54, 1.807) is 0 Å². The number of hydrogen-bond donors (Lipinski definition) is 0. The highest BCUT2D eigenvalue weighted by atomic mass is 79.9. The van der Waals surface area contributed by atoms with Crippen LogP contribution in [0.15, 0.2) is 28.7 Å². The lowest BCUT2D eigenvalue weighted by Crippen LogP contribution is -2.08. The van der Waals surface area contributed by atoms with E-state index in [1.807, 2.05) is 24.3 Å². The molecule has 0 amide bonds. The molecule has 1 aromatic rings. The molecular weight excluding hydrogens is 268 g/mol. The summed E-state index contributed by atoms with van der Waals surface area (Å²) in [6.07, 6.45) is 3.83. The van der Waals surface area contributed by atoms with E-state index >= 15 is 0 Å². The molecule has 3 heteroatoms. The molecule has 2 nitrogen and oxygen atoms in total. The summed E-state index contributed by atoms with van der Waals surface area (Å²) in [5.74, 6) is 0.991. The van der Waals surface area contributed by atoms with Gasteiger partial charge in [-0.3, -0.25) is 0 Å². The van der Waals surface area contributed by atoms with Gasteiger partial charge >= 0.3 is 0 Å². The highest BCUT2D eigenvalue weighted by Gasteiger charge is 2.05. The van der Waals surface area contributed by atoms with E-state index < -0.39 is 0 Å². The van der Waals surface area contributed by atoms with Gasteiger partial charge in [0.05, 0.1) is 6.61 Å². The van der Waals surface area contributed by atoms with Crippen molar-refractivity contribution in [2.75, 3.05) is 6.61 Å². The van der Waals surface area contributed by atoms with Crippen molar-refractivity contribution in [2.24, 2.45) is 5.92 Å². The zero-order valence-corrected chi connectivity index (χ0v) is 11.1. The van der Waals surface area contributed by atoms with Gasteiger partial charge in [0.2, 0.25) is 0 Å². The van der Waals surface area contributed by atoms with E-state index in [1.165, 1.54) is 0 Å². The number of hydrogen-bond acceptors (Lipinski definition) is 2. The lowest BCUT2D eigenvalue weighted by atomic mass is 10.0. The zero-order chi connectivity index (χ0) is 11.8. The van der Waals surface area contributed by atoms with Gasteiger partial charge in [-0.1, -0.05) is 29.3 Å². The van der Waals surface area contributed by atoms with E-state index in [4.69, 9.17) is 4.74 Å². The second-order valence-electron chi connectivity index (χ2n) is 3.78. The van der Waals surface area contributed by atoms with Gasteiger partial charge in [0.1, 0.15) is 12.0 Å². The third kappa shape index (κ3) is 4.79. The maximum absolute atomic E-state index is 10.7. The predicted molar refractivity (Wildman–Crippen MR) is 68.7 cm³/mol. The van der Waals surface area contributed by atoms with Crippen LogP contribution in [-0.4, -0.2) is 12.9 Å². The Labute approximate surface area is 105 Å². The minimum Gasteiger partial charge on any atom is -0.494 e. The maximum Gasteiger partial charge on any atom is 0.123 e. The van der Waals surface area contributed by atoms with Crippen LogP contribution in [-0.2, 0) is 4.79 Å². The van der Waals surface area contributed by atoms with E-state index in [2.05, 4.69) is 22.9 Å². The number of benzene rings is 1. The van der Waals surface area contributed by atoms with Crippen LogP contribution in [0.4, 0.5) is 0 Å². The van der Waals surface area contributed by atoms with Crippen LogP contribution >= 0.6 is 15.9 Å². The summed E-state index contributed by atoms with van der Waals surface area (Å²) in [4.78, 5) is 10.7. The van der Waals surface area contributed by atoms with Gasteiger partial charge in [-0.25, -0.2) is 0 Å². The van der Waals surface area contributed by atoms with Gasteiger partial charge in [-0.15, -0.1) is 0 Å². The summed E-state index contributed by atoms with van der Waals surface area (Å²) < 4.78 is 6.60. The molecule has 1 rings (SSSR count). The van der Waals surface area contributed by atoms with Gasteiger partial charge in [-0.05, 0) is 37.1 Å². The van der Waals surface area contributed by atoms with Gasteiger partial charge in [0, 0.05) is 10.4 Å². The molecule has 0 spiro atoms. The Hall–Kier alpha value is -0.830. The average Bonchev–Trinajstić information content (AvgIpc) is 2.30. The standard InChI is InChI=1S/C13H17BrO2/c1-2-3-11(10-15)8-9-16-13-6-4-12(14)5-7-13/h4-7,10-11H,2-3,8-9H2,1H3/t11-/m1/s1. The Morgan fingerprint density at radius 1 is 1.31 bits per heavy atom. The van der Waals surface area contributed by atoms with Crippen LogP contribution < -0.4 is 4.74 Å². The van der Waals surface area contributed by atoms with Crippen molar-refractivity contribution in [3.63, 3.8) is 0 Å². The largest absolute Gasteiger partial charge is 0.494 e. The zero-order valence-electron chi connectivity index (χ0n) is 9.49. The summed E-state index contributed by atoms with van der Waals surface area (Å²) >= 11 is 3.37. The molecule has 88 valence electrons. The van der Waals surface area contributed by atoms with Crippen LogP contribution in [0.3, 0.4) is 0 Å². The first-order valence-electron chi connectivity index (χ1n) is 5.60. The molecule has 0 aliphatic carbocycles. The third-order valence-electron chi connectivity index (χ3n) is 2.42. The molecular formula is C13H17BrO2. The number of rotatable bonds is 7. The first-order chi connectivity index (χ1) is 7.76. The van der Waals surface area contributed by atoms with Crippen LogP contribution in [0.2, 0.25) is 0 Å². The lowest BCUT2D eigenvalue weighted by Gasteiger charge is -2.10. The third-order valence-corrected chi connectivity index (χ3v) is 2.95. The van der Waals surface area contributed by atoms with Crippen molar-refractivity contribution in [3.8, 4) is 5.75 Å². The van der Waals surface area contributed by atoms with Gasteiger partial charge < -0.3 is 9.53 Å². The first-order valence-corrected chi connectivity index (χ1v) is 6.39. The van der Waals surface area contributed by atoms with Gasteiger partial charge in [-0.2, -0.15) is 0 Å². The van der Waals surface area contributed by atoms with Crippen molar-refractivity contribution < 1.29 is 9.53 Å². The van der Waals surface area contributed by atoms with E-state index in [0.717, 1.165) is 35.8 Å². The molecule has 0 fully saturated rings. The van der Waals surface area contributed by atoms with E-state index in [-0.39, 0.29) is 5.92 Å². The van der Waals surface area contributed by atoms with Gasteiger partial charge in [0.25, 0.3) is 0 Å². The maximum atomic E-state index is 10.7. The number of ether oxygens (including phenoxy) is 1. The molecule has 0 aliphatic heterocycles. The highest BCUT2D eigenvalue weighted by Crippen LogP contribution is 2.17. The van der Waals surface area contributed by atoms with Crippen molar-refractivity contribution in [1.82, 2.24) is 0 Å². The number of carbonyl (C=O) groups excluding carboxylic acids is 1. The fourth-order valence-corrected chi connectivity index (χ4v) is 1.77. The molecule has 1 atom stereocenters. The smallest absolute Gasteiger partial charge is 0.123 e. The summed E-state index contributed by atoms with van der Waals surface area (Å²) in [5.41, 5.74) is 0. The number of aldehydes is 1. The highest BCUT2D eigenvalue weighted by molar-refractivity contribution is 9.10. The second-order valence-corrected chi connectivity index (χ2v) is 4.69.